The number of aryl methyl sites for hydroxylation is 2. The molecule has 0 atom stereocenters. The Labute approximate surface area is 175 Å². The van der Waals surface area contributed by atoms with Gasteiger partial charge in [0.1, 0.15) is 0 Å². The Morgan fingerprint density at radius 1 is 1.14 bits per heavy atom. The van der Waals surface area contributed by atoms with E-state index in [-0.39, 0.29) is 17.1 Å². The first-order valence-electron chi connectivity index (χ1n) is 9.88. The van der Waals surface area contributed by atoms with Gasteiger partial charge in [-0.3, -0.25) is 4.79 Å². The van der Waals surface area contributed by atoms with Crippen LogP contribution in [0.4, 0.5) is 0 Å². The molecule has 1 fully saturated rings. The number of aromatic nitrogens is 4. The third-order valence-corrected chi connectivity index (χ3v) is 6.75. The van der Waals surface area contributed by atoms with Gasteiger partial charge in [0.05, 0.1) is 11.4 Å². The molecule has 3 aromatic rings. The van der Waals surface area contributed by atoms with Gasteiger partial charge in [-0.15, -0.1) is 5.10 Å². The Morgan fingerprint density at radius 3 is 2.62 bits per heavy atom. The van der Waals surface area contributed by atoms with E-state index in [0.29, 0.717) is 11.7 Å². The molecule has 1 aromatic heterocycles. The van der Waals surface area contributed by atoms with Crippen molar-refractivity contribution in [3.05, 3.63) is 65.2 Å². The van der Waals surface area contributed by atoms with Crippen molar-refractivity contribution >= 4 is 17.7 Å². The molecule has 1 amide bonds. The molecule has 29 heavy (non-hydrogen) atoms. The van der Waals surface area contributed by atoms with Gasteiger partial charge in [0.2, 0.25) is 11.1 Å². The van der Waals surface area contributed by atoms with E-state index in [1.807, 2.05) is 12.1 Å². The van der Waals surface area contributed by atoms with Gasteiger partial charge in [0, 0.05) is 12.0 Å². The molecule has 150 valence electrons. The molecule has 4 rings (SSSR count). The van der Waals surface area contributed by atoms with E-state index in [1.54, 1.807) is 4.68 Å². The summed E-state index contributed by atoms with van der Waals surface area (Å²) in [6.45, 7) is 4.81. The van der Waals surface area contributed by atoms with Crippen LogP contribution in [0.2, 0.25) is 0 Å². The Bertz CT molecular complexity index is 997. The number of hydrogen-bond acceptors (Lipinski definition) is 5. The number of rotatable bonds is 7. The van der Waals surface area contributed by atoms with E-state index in [4.69, 9.17) is 0 Å². The second kappa shape index (κ2) is 8.37. The quantitative estimate of drug-likeness (QED) is 0.606. The van der Waals surface area contributed by atoms with Crippen LogP contribution < -0.4 is 5.32 Å². The van der Waals surface area contributed by atoms with Gasteiger partial charge in [-0.2, -0.15) is 4.68 Å². The van der Waals surface area contributed by atoms with Crippen molar-refractivity contribution in [1.82, 2.24) is 25.5 Å². The lowest BCUT2D eigenvalue weighted by molar-refractivity contribution is -0.119. The fraction of sp³-hybridized carbons (Fsp3) is 0.364. The van der Waals surface area contributed by atoms with Crippen molar-refractivity contribution in [3.63, 3.8) is 0 Å². The van der Waals surface area contributed by atoms with E-state index < -0.39 is 0 Å². The highest BCUT2D eigenvalue weighted by atomic mass is 32.2. The topological polar surface area (TPSA) is 72.7 Å². The molecular weight excluding hydrogens is 382 g/mol. The number of nitrogens with zero attached hydrogens (tertiary/aromatic N) is 4. The molecule has 2 aromatic carbocycles. The number of thioether (sulfide) groups is 1. The SMILES string of the molecule is Cc1ccc(-n2nnnc2SCC(=O)NCC2(c3ccccc3)CCC2)cc1C. The number of hydrogen-bond donors (Lipinski definition) is 1. The lowest BCUT2D eigenvalue weighted by Gasteiger charge is -2.42. The van der Waals surface area contributed by atoms with Crippen molar-refractivity contribution < 1.29 is 4.79 Å². The van der Waals surface area contributed by atoms with Gasteiger partial charge in [-0.05, 0) is 65.9 Å². The number of carbonyl (C=O) groups is 1. The van der Waals surface area contributed by atoms with E-state index in [1.165, 1.54) is 34.9 Å². The average molecular weight is 408 g/mol. The summed E-state index contributed by atoms with van der Waals surface area (Å²) in [5.74, 6) is 0.294. The molecule has 1 aliphatic rings. The minimum atomic E-state index is 0.00634. The molecule has 1 N–H and O–H groups in total. The molecule has 0 radical (unpaired) electrons. The van der Waals surface area contributed by atoms with Crippen molar-refractivity contribution in [2.24, 2.45) is 0 Å². The zero-order valence-electron chi connectivity index (χ0n) is 16.8. The zero-order chi connectivity index (χ0) is 20.3. The first kappa shape index (κ1) is 19.6. The van der Waals surface area contributed by atoms with Gasteiger partial charge in [0.15, 0.2) is 0 Å². The summed E-state index contributed by atoms with van der Waals surface area (Å²) >= 11 is 1.35. The minimum absolute atomic E-state index is 0.00634. The van der Waals surface area contributed by atoms with E-state index >= 15 is 0 Å². The van der Waals surface area contributed by atoms with Gasteiger partial charge >= 0.3 is 0 Å². The number of amides is 1. The van der Waals surface area contributed by atoms with Crippen LogP contribution in [0.25, 0.3) is 5.69 Å². The largest absolute Gasteiger partial charge is 0.354 e. The van der Waals surface area contributed by atoms with Crippen molar-refractivity contribution in [2.45, 2.75) is 43.7 Å². The van der Waals surface area contributed by atoms with Crippen LogP contribution in [-0.2, 0) is 10.2 Å². The summed E-state index contributed by atoms with van der Waals surface area (Å²) < 4.78 is 1.68. The van der Waals surface area contributed by atoms with Crippen LogP contribution in [0.3, 0.4) is 0 Å². The van der Waals surface area contributed by atoms with Crippen molar-refractivity contribution in [2.75, 3.05) is 12.3 Å². The molecular formula is C22H25N5OS. The number of benzene rings is 2. The van der Waals surface area contributed by atoms with Crippen LogP contribution in [0.1, 0.15) is 36.0 Å². The van der Waals surface area contributed by atoms with Crippen LogP contribution in [0, 0.1) is 13.8 Å². The second-order valence-electron chi connectivity index (χ2n) is 7.71. The Hall–Kier alpha value is -2.67. The first-order valence-corrected chi connectivity index (χ1v) is 10.9. The van der Waals surface area contributed by atoms with Crippen LogP contribution in [0.15, 0.2) is 53.7 Å². The van der Waals surface area contributed by atoms with Gasteiger partial charge in [-0.25, -0.2) is 0 Å². The smallest absolute Gasteiger partial charge is 0.230 e. The second-order valence-corrected chi connectivity index (χ2v) is 8.65. The maximum Gasteiger partial charge on any atom is 0.230 e. The van der Waals surface area contributed by atoms with E-state index in [2.05, 4.69) is 71.1 Å². The lowest BCUT2D eigenvalue weighted by Crippen LogP contribution is -2.46. The summed E-state index contributed by atoms with van der Waals surface area (Å²) in [5.41, 5.74) is 4.70. The maximum absolute atomic E-state index is 12.5. The van der Waals surface area contributed by atoms with E-state index in [0.717, 1.165) is 18.5 Å². The molecule has 0 aliphatic heterocycles. The standard InChI is InChI=1S/C22H25N5OS/c1-16-9-10-19(13-17(16)2)27-21(24-25-26-27)29-14-20(28)23-15-22(11-6-12-22)18-7-4-3-5-8-18/h3-5,7-10,13H,6,11-12,14-15H2,1-2H3,(H,23,28). The first-order chi connectivity index (χ1) is 14.1. The zero-order valence-corrected chi connectivity index (χ0v) is 17.6. The number of tetrazole rings is 1. The molecule has 6 nitrogen and oxygen atoms in total. The van der Waals surface area contributed by atoms with Gasteiger partial charge < -0.3 is 5.32 Å². The Morgan fingerprint density at radius 2 is 1.93 bits per heavy atom. The van der Waals surface area contributed by atoms with Gasteiger partial charge in [0.25, 0.3) is 0 Å². The molecule has 1 aliphatic carbocycles. The highest BCUT2D eigenvalue weighted by Gasteiger charge is 2.38. The fourth-order valence-corrected chi connectivity index (χ4v) is 4.42. The highest BCUT2D eigenvalue weighted by molar-refractivity contribution is 7.99. The Kier molecular flexibility index (Phi) is 5.67. The number of nitrogens with one attached hydrogen (secondary N) is 1. The monoisotopic (exact) mass is 407 g/mol. The van der Waals surface area contributed by atoms with Crippen LogP contribution in [0.5, 0.6) is 0 Å². The van der Waals surface area contributed by atoms with Crippen LogP contribution >= 0.6 is 11.8 Å². The molecule has 1 heterocycles. The minimum Gasteiger partial charge on any atom is -0.354 e. The predicted molar refractivity (Wildman–Crippen MR) is 114 cm³/mol. The number of carbonyl (C=O) groups excluding carboxylic acids is 1. The molecule has 0 spiro atoms. The van der Waals surface area contributed by atoms with Crippen molar-refractivity contribution in [1.29, 1.82) is 0 Å². The summed E-state index contributed by atoms with van der Waals surface area (Å²) in [6.07, 6.45) is 3.45. The predicted octanol–water partition coefficient (Wildman–Crippen LogP) is 3.61. The molecule has 0 bridgehead atoms. The van der Waals surface area contributed by atoms with Crippen LogP contribution in [-0.4, -0.2) is 38.4 Å². The summed E-state index contributed by atoms with van der Waals surface area (Å²) in [6, 6.07) is 16.6. The molecule has 0 unspecified atom stereocenters. The third kappa shape index (κ3) is 4.19. The Balaban J connectivity index is 1.36. The summed E-state index contributed by atoms with van der Waals surface area (Å²) in [4.78, 5) is 12.5. The molecule has 7 heteroatoms. The maximum atomic E-state index is 12.5. The molecule has 1 saturated carbocycles. The summed E-state index contributed by atoms with van der Waals surface area (Å²) in [7, 11) is 0. The fourth-order valence-electron chi connectivity index (χ4n) is 3.70. The third-order valence-electron chi connectivity index (χ3n) is 5.83. The normalized spacial score (nSPS) is 15.0. The highest BCUT2D eigenvalue weighted by Crippen LogP contribution is 2.43. The van der Waals surface area contributed by atoms with Crippen molar-refractivity contribution in [3.8, 4) is 5.69 Å². The lowest BCUT2D eigenvalue weighted by atomic mass is 9.64. The molecule has 0 saturated heterocycles. The van der Waals surface area contributed by atoms with E-state index in [9.17, 15) is 4.79 Å². The average Bonchev–Trinajstić information content (AvgIpc) is 3.17. The van der Waals surface area contributed by atoms with Gasteiger partial charge in [-0.1, -0.05) is 54.6 Å². The summed E-state index contributed by atoms with van der Waals surface area (Å²) in [5, 5.41) is 15.7.